The molecule has 0 unspecified atom stereocenters. The molecule has 1 aromatic heterocycles. The fraction of sp³-hybridized carbons (Fsp3) is 0.374. The number of hydrogen-bond acceptors (Lipinski definition) is 15. The first kappa shape index (κ1) is 89.0. The van der Waals surface area contributed by atoms with E-state index >= 15 is 0 Å². The molecule has 0 atom stereocenters. The zero-order valence-electron chi connectivity index (χ0n) is 77.8. The lowest BCUT2D eigenvalue weighted by Gasteiger charge is -2.28. The number of furan rings is 1. The van der Waals surface area contributed by atoms with Crippen molar-refractivity contribution in [2.24, 2.45) is 4.99 Å². The standard InChI is InChI=1S/C29H29N3O5.C24H31NO5.2C23H28ClNO4/c33-27-24(30-29(35)31-27)8-2-1-5-17-36-26-9-4-3-7-22(26)19-32(23-15-16-23)28(34)21-13-11-20(12-14-21)25-10-6-18-37-25;1-18(2)25(24(28)19-12-14-21(29-3)15-13-19)17-20-9-6-7-10-22(20)30-16-8-4-5-11-23(26)27;2*1-17(2)25(23(28)18-11-13-20(24)14-12-18)16-19-8-5-6-9-21(19)29-15-7-3-4-10-22(26)27/h3-4,6-7,9-14,18,23H,1-2,5,8,15-17,19H2,(H,31,33,35);6-7,9-10,12-15,18H,4-5,8,11,16-17H2,1-3H3,(H,26,27);2*5-6,8-9,11-14,17H,3-4,7,10,15-16H2,1-2H3,(H,26,27)/i23D;17D2;17D;16D2. The van der Waals surface area contributed by atoms with Gasteiger partial charge >= 0.3 is 23.9 Å². The number of imide groups is 1. The van der Waals surface area contributed by atoms with Crippen molar-refractivity contribution >= 4 is 82.4 Å². The van der Waals surface area contributed by atoms with Gasteiger partial charge in [-0.2, -0.15) is 4.99 Å². The summed E-state index contributed by atoms with van der Waals surface area (Å²) in [6, 6.07) is 55.6. The molecule has 0 radical (unpaired) electrons. The molecule has 8 aromatic carbocycles. The number of methoxy groups -OCH3 is 1. The molecule has 125 heavy (non-hydrogen) atoms. The largest absolute Gasteiger partial charge is 0.497 e. The minimum absolute atomic E-state index is 0.120. The summed E-state index contributed by atoms with van der Waals surface area (Å²) >= 11 is 11.8. The summed E-state index contributed by atoms with van der Waals surface area (Å²) in [5, 5.41) is 29.3. The van der Waals surface area contributed by atoms with Crippen LogP contribution in [0.25, 0.3) is 11.3 Å². The average Bonchev–Trinajstić information content (AvgIpc) is 1.75. The predicted molar refractivity (Wildman–Crippen MR) is 483 cm³/mol. The molecule has 0 saturated heterocycles. The van der Waals surface area contributed by atoms with E-state index in [1.807, 2.05) is 72.8 Å². The van der Waals surface area contributed by atoms with E-state index in [1.54, 1.807) is 193 Å². The van der Waals surface area contributed by atoms with Crippen LogP contribution in [0, 0.1) is 0 Å². The molecule has 2 heterocycles. The van der Waals surface area contributed by atoms with Gasteiger partial charge in [-0.05, 0) is 259 Å². The van der Waals surface area contributed by atoms with Gasteiger partial charge in [0.15, 0.2) is 0 Å². The molecule has 9 aromatic rings. The lowest BCUT2D eigenvalue weighted by atomic mass is 10.1. The van der Waals surface area contributed by atoms with Crippen molar-refractivity contribution in [2.75, 3.05) is 33.5 Å². The Labute approximate surface area is 751 Å². The number of hydrogen-bond donors (Lipinski definition) is 4. The first-order valence-electron chi connectivity index (χ1n) is 45.0. The second-order valence-corrected chi connectivity index (χ2v) is 31.1. The van der Waals surface area contributed by atoms with Crippen LogP contribution >= 0.6 is 23.2 Å². The lowest BCUT2D eigenvalue weighted by Crippen LogP contribution is -2.36. The summed E-state index contributed by atoms with van der Waals surface area (Å²) in [6.07, 6.45) is 12.1. The molecule has 7 amide bonds. The van der Waals surface area contributed by atoms with Crippen LogP contribution in [0.1, 0.15) is 229 Å². The smallest absolute Gasteiger partial charge is 0.348 e. The molecule has 1 aliphatic heterocycles. The zero-order valence-corrected chi connectivity index (χ0v) is 73.3. The van der Waals surface area contributed by atoms with Crippen molar-refractivity contribution in [1.82, 2.24) is 24.9 Å². The quantitative estimate of drug-likeness (QED) is 0.0258. The summed E-state index contributed by atoms with van der Waals surface area (Å²) in [4.78, 5) is 117. The van der Waals surface area contributed by atoms with Crippen molar-refractivity contribution in [2.45, 2.75) is 207 Å². The van der Waals surface area contributed by atoms with Crippen molar-refractivity contribution in [3.63, 3.8) is 0 Å². The Morgan fingerprint density at radius 2 is 0.832 bits per heavy atom. The number of carbonyl (C=O) groups is 9. The van der Waals surface area contributed by atoms with E-state index in [0.717, 1.165) is 54.6 Å². The third-order valence-electron chi connectivity index (χ3n) is 19.6. The van der Waals surface area contributed by atoms with Gasteiger partial charge in [-0.1, -0.05) is 108 Å². The maximum absolute atomic E-state index is 13.5. The monoisotopic (exact) mass is 1750 g/mol. The van der Waals surface area contributed by atoms with Crippen LogP contribution in [0.15, 0.2) is 222 Å². The Hall–Kier alpha value is -12.3. The van der Waals surface area contributed by atoms with Crippen LogP contribution in [-0.4, -0.2) is 152 Å². The van der Waals surface area contributed by atoms with Gasteiger partial charge in [0, 0.05) is 130 Å². The van der Waals surface area contributed by atoms with Crippen molar-refractivity contribution < 1.29 is 94.8 Å². The minimum atomic E-state index is -2.12. The number of para-hydroxylation sites is 4. The van der Waals surface area contributed by atoms with Crippen molar-refractivity contribution in [3.05, 3.63) is 267 Å². The molecule has 1 saturated carbocycles. The summed E-state index contributed by atoms with van der Waals surface area (Å²) in [5.74, 6) is -0.728. The molecule has 24 nitrogen and oxygen atoms in total. The number of ether oxygens (including phenoxy) is 5. The normalized spacial score (nSPS) is 13.2. The zero-order chi connectivity index (χ0) is 95.4. The van der Waals surface area contributed by atoms with Crippen LogP contribution in [0.3, 0.4) is 0 Å². The van der Waals surface area contributed by atoms with E-state index in [9.17, 15) is 43.2 Å². The fourth-order valence-electron chi connectivity index (χ4n) is 12.7. The van der Waals surface area contributed by atoms with E-state index < -0.39 is 78.8 Å². The highest BCUT2D eigenvalue weighted by atomic mass is 35.5. The Kier molecular flexibility index (Phi) is 37.3. The Balaban J connectivity index is 0.000000216. The number of halogens is 2. The number of unbranched alkanes of at least 4 members (excludes halogenated alkanes) is 8. The Morgan fingerprint density at radius 3 is 1.20 bits per heavy atom. The number of amides is 7. The van der Waals surface area contributed by atoms with Crippen LogP contribution in [0.5, 0.6) is 28.7 Å². The molecule has 0 spiro atoms. The van der Waals surface area contributed by atoms with Gasteiger partial charge in [0.05, 0.1) is 48.0 Å². The summed E-state index contributed by atoms with van der Waals surface area (Å²) in [6.45, 7) is 8.28. The number of carboxylic acid groups (broad SMARTS) is 3. The summed E-state index contributed by atoms with van der Waals surface area (Å²) < 4.78 is 86.7. The minimum Gasteiger partial charge on any atom is -0.497 e. The summed E-state index contributed by atoms with van der Waals surface area (Å²) in [5.41, 5.74) is 5.06. The Morgan fingerprint density at radius 1 is 0.464 bits per heavy atom. The number of aliphatic carboxylic acids is 3. The van der Waals surface area contributed by atoms with E-state index in [2.05, 4.69) is 10.3 Å². The molecule has 664 valence electrons. The highest BCUT2D eigenvalue weighted by Gasteiger charge is 2.34. The molecular formula is C99H116Cl2N6O18. The van der Waals surface area contributed by atoms with Crippen LogP contribution < -0.4 is 29.0 Å². The highest BCUT2D eigenvalue weighted by molar-refractivity contribution is 6.46. The predicted octanol–water partition coefficient (Wildman–Crippen LogP) is 21.0. The highest BCUT2D eigenvalue weighted by Crippen LogP contribution is 2.34. The molecule has 11 rings (SSSR count). The fourth-order valence-corrected chi connectivity index (χ4v) is 12.9. The van der Waals surface area contributed by atoms with Gasteiger partial charge in [-0.25, -0.2) is 4.79 Å². The second-order valence-electron chi connectivity index (χ2n) is 30.2. The first-order chi connectivity index (χ1) is 62.4. The van der Waals surface area contributed by atoms with E-state index in [0.29, 0.717) is 152 Å². The molecule has 0 bridgehead atoms. The maximum Gasteiger partial charge on any atom is 0.348 e. The van der Waals surface area contributed by atoms with E-state index in [-0.39, 0.29) is 61.0 Å². The molecule has 2 aliphatic rings. The number of benzene rings is 8. The molecule has 1 aliphatic carbocycles. The third-order valence-corrected chi connectivity index (χ3v) is 20.1. The second kappa shape index (κ2) is 52.4. The number of nitrogens with zero attached hydrogens (tertiary/aromatic N) is 5. The number of carboxylic acids is 3. The number of rotatable bonds is 46. The van der Waals surface area contributed by atoms with Gasteiger partial charge in [-0.3, -0.25) is 43.7 Å². The average molecular weight is 1750 g/mol. The molecule has 1 fully saturated rings. The van der Waals surface area contributed by atoms with Crippen molar-refractivity contribution in [3.8, 4) is 40.1 Å². The van der Waals surface area contributed by atoms with Gasteiger partial charge in [-0.15, -0.1) is 0 Å². The number of urea groups is 1. The van der Waals surface area contributed by atoms with E-state index in [4.69, 9.17) is 74.8 Å². The number of aliphatic imine (C=N–C) groups is 1. The molecule has 26 heteroatoms. The van der Waals surface area contributed by atoms with Gasteiger partial charge in [0.1, 0.15) is 40.2 Å². The maximum atomic E-state index is 13.5. The van der Waals surface area contributed by atoms with Crippen LogP contribution in [-0.2, 0) is 45.3 Å². The Bertz CT molecular complexity index is 5270. The topological polar surface area (TPSA) is 311 Å². The van der Waals surface area contributed by atoms with Gasteiger partial charge in [0.25, 0.3) is 29.5 Å². The van der Waals surface area contributed by atoms with E-state index in [1.165, 1.54) is 14.7 Å². The lowest BCUT2D eigenvalue weighted by molar-refractivity contribution is -0.138. The third kappa shape index (κ3) is 33.7. The number of carbonyl (C=O) groups excluding carboxylic acids is 6. The van der Waals surface area contributed by atoms with Gasteiger partial charge < -0.3 is 63.0 Å². The van der Waals surface area contributed by atoms with Crippen LogP contribution in [0.4, 0.5) is 4.79 Å². The van der Waals surface area contributed by atoms with Crippen LogP contribution in [0.2, 0.25) is 10.0 Å². The molecule has 4 N–H and O–H groups in total. The van der Waals surface area contributed by atoms with Gasteiger partial charge in [0.2, 0.25) is 0 Å². The SMILES string of the molecule is [2H]C(C)(C)N(Cc1ccccc1OCCCCCC(=O)O)C(=O)c1ccc(Cl)cc1.[2H]C([2H])(c1ccccc1OCCCCCC(=O)O)N(C(=O)c1ccc(Cl)cc1)C(C)C.[2H]C([2H])(c1ccccc1OCCCCCC(=O)O)N(C(=O)c1ccc(OC)cc1)C(C)C.[2H]C1(N(Cc2ccccc2OCCCCCC2=NC(=O)NC2=O)C(=O)c2ccc(-c3ccco3)cc2)CC1. The molecular weight excluding hydrogens is 1630 g/mol. The summed E-state index contributed by atoms with van der Waals surface area (Å²) in [7, 11) is 1.54. The van der Waals surface area contributed by atoms with Crippen molar-refractivity contribution in [1.29, 1.82) is 0 Å². The number of nitrogens with one attached hydrogen (secondary N) is 1. The first-order valence-corrected chi connectivity index (χ1v) is 42.7.